The number of pyridine rings is 1. The lowest BCUT2D eigenvalue weighted by atomic mass is 10.1. The van der Waals surface area contributed by atoms with Gasteiger partial charge in [-0.3, -0.25) is 14.4 Å². The van der Waals surface area contributed by atoms with Crippen LogP contribution in [0.15, 0.2) is 53.7 Å². The van der Waals surface area contributed by atoms with Crippen molar-refractivity contribution >= 4 is 17.4 Å². The Bertz CT molecular complexity index is 1030. The summed E-state index contributed by atoms with van der Waals surface area (Å²) in [6.45, 7) is 1.44. The molecule has 0 aliphatic rings. The molecule has 0 spiro atoms. The fourth-order valence-electron chi connectivity index (χ4n) is 2.43. The van der Waals surface area contributed by atoms with E-state index in [2.05, 4.69) is 15.3 Å². The smallest absolute Gasteiger partial charge is 0.262 e. The van der Waals surface area contributed by atoms with E-state index in [0.717, 1.165) is 0 Å². The standard InChI is InChI=1S/C19H18N4O4/c1-12-9-15(24)16(10-21-12)27-11-17(25)22-14-5-3-13(4-6-14)18(26)19-20-7-8-23(19)2/h3-10H,11H2,1-2H3,(H,21,24)(H,22,25). The number of H-pyrrole nitrogens is 1. The summed E-state index contributed by atoms with van der Waals surface area (Å²) < 4.78 is 6.87. The summed E-state index contributed by atoms with van der Waals surface area (Å²) >= 11 is 0. The number of hydrogen-bond donors (Lipinski definition) is 2. The van der Waals surface area contributed by atoms with Gasteiger partial charge in [0.05, 0.1) is 0 Å². The molecule has 0 bridgehead atoms. The van der Waals surface area contributed by atoms with Gasteiger partial charge >= 0.3 is 0 Å². The molecule has 2 heterocycles. The van der Waals surface area contributed by atoms with Gasteiger partial charge in [-0.25, -0.2) is 4.98 Å². The molecule has 8 heteroatoms. The third kappa shape index (κ3) is 4.30. The Labute approximate surface area is 154 Å². The largest absolute Gasteiger partial charge is 0.478 e. The molecule has 3 rings (SSSR count). The van der Waals surface area contributed by atoms with Gasteiger partial charge in [-0.1, -0.05) is 0 Å². The maximum absolute atomic E-state index is 12.4. The van der Waals surface area contributed by atoms with E-state index in [1.54, 1.807) is 55.2 Å². The van der Waals surface area contributed by atoms with Crippen LogP contribution in [0.2, 0.25) is 0 Å². The molecule has 0 fully saturated rings. The van der Waals surface area contributed by atoms with Gasteiger partial charge in [0.15, 0.2) is 18.2 Å². The second-order valence-electron chi connectivity index (χ2n) is 5.95. The molecule has 0 atom stereocenters. The Morgan fingerprint density at radius 2 is 2.00 bits per heavy atom. The molecule has 0 unspecified atom stereocenters. The first-order valence-electron chi connectivity index (χ1n) is 8.18. The number of benzene rings is 1. The molecular weight excluding hydrogens is 348 g/mol. The first-order valence-corrected chi connectivity index (χ1v) is 8.18. The first kappa shape index (κ1) is 18.1. The second kappa shape index (κ2) is 7.69. The molecule has 2 N–H and O–H groups in total. The summed E-state index contributed by atoms with van der Waals surface area (Å²) in [5.41, 5.74) is 1.38. The molecule has 2 aromatic heterocycles. The maximum atomic E-state index is 12.4. The SMILES string of the molecule is Cc1cc(=O)c(OCC(=O)Nc2ccc(C(=O)c3nccn3C)cc2)c[nH]1. The molecule has 0 aliphatic heterocycles. The normalized spacial score (nSPS) is 10.4. The second-order valence-corrected chi connectivity index (χ2v) is 5.95. The van der Waals surface area contributed by atoms with Crippen LogP contribution in [0.1, 0.15) is 21.9 Å². The van der Waals surface area contributed by atoms with Crippen molar-refractivity contribution in [3.05, 3.63) is 76.2 Å². The molecule has 1 aromatic carbocycles. The van der Waals surface area contributed by atoms with Crippen LogP contribution in [-0.2, 0) is 11.8 Å². The number of anilines is 1. The third-order valence-electron chi connectivity index (χ3n) is 3.84. The van der Waals surface area contributed by atoms with Crippen molar-refractivity contribution in [3.63, 3.8) is 0 Å². The number of aromatic amines is 1. The average molecular weight is 366 g/mol. The van der Waals surface area contributed by atoms with Gasteiger partial charge in [-0.2, -0.15) is 0 Å². The zero-order valence-corrected chi connectivity index (χ0v) is 14.9. The summed E-state index contributed by atoms with van der Waals surface area (Å²) in [5, 5.41) is 2.65. The van der Waals surface area contributed by atoms with Gasteiger partial charge in [0, 0.05) is 48.6 Å². The molecule has 138 valence electrons. The number of ether oxygens (including phenoxy) is 1. The van der Waals surface area contributed by atoms with Crippen LogP contribution >= 0.6 is 0 Å². The van der Waals surface area contributed by atoms with E-state index in [0.29, 0.717) is 22.8 Å². The topological polar surface area (TPSA) is 106 Å². The predicted octanol–water partition coefficient (Wildman–Crippen LogP) is 1.67. The van der Waals surface area contributed by atoms with Crippen LogP contribution in [0.3, 0.4) is 0 Å². The molecule has 0 saturated heterocycles. The molecular formula is C19H18N4O4. The van der Waals surface area contributed by atoms with Crippen LogP contribution in [0.4, 0.5) is 5.69 Å². The number of hydrogen-bond acceptors (Lipinski definition) is 5. The minimum Gasteiger partial charge on any atom is -0.478 e. The summed E-state index contributed by atoms with van der Waals surface area (Å²) in [4.78, 5) is 42.9. The fourth-order valence-corrected chi connectivity index (χ4v) is 2.43. The van der Waals surface area contributed by atoms with Crippen LogP contribution in [-0.4, -0.2) is 32.8 Å². The Kier molecular flexibility index (Phi) is 5.16. The number of carbonyl (C=O) groups excluding carboxylic acids is 2. The van der Waals surface area contributed by atoms with Crippen LogP contribution in [0.5, 0.6) is 5.75 Å². The van der Waals surface area contributed by atoms with Gasteiger partial charge in [-0.05, 0) is 31.2 Å². The first-order chi connectivity index (χ1) is 12.9. The lowest BCUT2D eigenvalue weighted by Crippen LogP contribution is -2.22. The van der Waals surface area contributed by atoms with Crippen molar-refractivity contribution in [2.75, 3.05) is 11.9 Å². The number of aryl methyl sites for hydroxylation is 2. The van der Waals surface area contributed by atoms with Gasteiger partial charge in [-0.15, -0.1) is 0 Å². The van der Waals surface area contributed by atoms with E-state index in [1.807, 2.05) is 0 Å². The van der Waals surface area contributed by atoms with Gasteiger partial charge in [0.25, 0.3) is 5.91 Å². The highest BCUT2D eigenvalue weighted by molar-refractivity contribution is 6.07. The van der Waals surface area contributed by atoms with Crippen molar-refractivity contribution < 1.29 is 14.3 Å². The Morgan fingerprint density at radius 1 is 1.26 bits per heavy atom. The summed E-state index contributed by atoms with van der Waals surface area (Å²) in [5.74, 6) is -0.212. The number of carbonyl (C=O) groups is 2. The predicted molar refractivity (Wildman–Crippen MR) is 99.0 cm³/mol. The Morgan fingerprint density at radius 3 is 2.63 bits per heavy atom. The zero-order valence-electron chi connectivity index (χ0n) is 14.9. The van der Waals surface area contributed by atoms with Crippen LogP contribution in [0, 0.1) is 6.92 Å². The minimum absolute atomic E-state index is 0.0757. The van der Waals surface area contributed by atoms with Crippen molar-refractivity contribution in [3.8, 4) is 5.75 Å². The Balaban J connectivity index is 1.59. The highest BCUT2D eigenvalue weighted by atomic mass is 16.5. The number of aromatic nitrogens is 3. The van der Waals surface area contributed by atoms with Gasteiger partial charge in [0.2, 0.25) is 11.2 Å². The number of rotatable bonds is 6. The van der Waals surface area contributed by atoms with Crippen molar-refractivity contribution in [1.82, 2.24) is 14.5 Å². The van der Waals surface area contributed by atoms with E-state index in [4.69, 9.17) is 4.74 Å². The quantitative estimate of drug-likeness (QED) is 0.646. The zero-order chi connectivity index (χ0) is 19.4. The maximum Gasteiger partial charge on any atom is 0.262 e. The van der Waals surface area contributed by atoms with Crippen LogP contribution < -0.4 is 15.5 Å². The minimum atomic E-state index is -0.418. The summed E-state index contributed by atoms with van der Waals surface area (Å²) in [6.07, 6.45) is 4.67. The number of ketones is 1. The molecule has 0 radical (unpaired) electrons. The van der Waals surface area contributed by atoms with E-state index in [1.165, 1.54) is 12.3 Å². The van der Waals surface area contributed by atoms with Crippen molar-refractivity contribution in [1.29, 1.82) is 0 Å². The van der Waals surface area contributed by atoms with Crippen molar-refractivity contribution in [2.24, 2.45) is 7.05 Å². The summed E-state index contributed by atoms with van der Waals surface area (Å²) in [6, 6.07) is 7.85. The summed E-state index contributed by atoms with van der Waals surface area (Å²) in [7, 11) is 1.74. The molecule has 27 heavy (non-hydrogen) atoms. The monoisotopic (exact) mass is 366 g/mol. The molecule has 3 aromatic rings. The van der Waals surface area contributed by atoms with Gasteiger partial charge in [0.1, 0.15) is 0 Å². The molecule has 0 saturated carbocycles. The van der Waals surface area contributed by atoms with Crippen molar-refractivity contribution in [2.45, 2.75) is 6.92 Å². The average Bonchev–Trinajstić information content (AvgIpc) is 3.07. The van der Waals surface area contributed by atoms with E-state index in [-0.39, 0.29) is 23.6 Å². The lowest BCUT2D eigenvalue weighted by Gasteiger charge is -2.08. The molecule has 0 aliphatic carbocycles. The highest BCUT2D eigenvalue weighted by Crippen LogP contribution is 2.13. The third-order valence-corrected chi connectivity index (χ3v) is 3.84. The van der Waals surface area contributed by atoms with E-state index >= 15 is 0 Å². The highest BCUT2D eigenvalue weighted by Gasteiger charge is 2.14. The number of nitrogens with one attached hydrogen (secondary N) is 2. The number of imidazole rings is 1. The number of amides is 1. The van der Waals surface area contributed by atoms with Gasteiger partial charge < -0.3 is 19.6 Å². The fraction of sp³-hybridized carbons (Fsp3) is 0.158. The number of nitrogens with zero attached hydrogens (tertiary/aromatic N) is 2. The van der Waals surface area contributed by atoms with E-state index in [9.17, 15) is 14.4 Å². The molecule has 1 amide bonds. The Hall–Kier alpha value is -3.68. The molecule has 8 nitrogen and oxygen atoms in total. The van der Waals surface area contributed by atoms with E-state index < -0.39 is 5.91 Å². The van der Waals surface area contributed by atoms with Crippen LogP contribution in [0.25, 0.3) is 0 Å². The lowest BCUT2D eigenvalue weighted by molar-refractivity contribution is -0.118.